The molecule has 0 radical (unpaired) electrons. The average Bonchev–Trinajstić information content (AvgIpc) is 2.34. The van der Waals surface area contributed by atoms with Crippen LogP contribution in [0.2, 0.25) is 0 Å². The van der Waals surface area contributed by atoms with E-state index in [1.807, 2.05) is 6.26 Å². The van der Waals surface area contributed by atoms with E-state index in [0.29, 0.717) is 12.2 Å². The molecule has 98 valence electrons. The van der Waals surface area contributed by atoms with Gasteiger partial charge in [-0.3, -0.25) is 9.59 Å². The van der Waals surface area contributed by atoms with E-state index in [-0.39, 0.29) is 5.69 Å². The molecular weight excluding hydrogens is 258 g/mol. The summed E-state index contributed by atoms with van der Waals surface area (Å²) in [5.74, 6) is -1.10. The molecule has 0 saturated carbocycles. The van der Waals surface area contributed by atoms with Gasteiger partial charge in [-0.25, -0.2) is 9.89 Å². The van der Waals surface area contributed by atoms with Crippen LogP contribution in [-0.2, 0) is 4.79 Å². The van der Waals surface area contributed by atoms with Gasteiger partial charge in [0.15, 0.2) is 0 Å². The van der Waals surface area contributed by atoms with Gasteiger partial charge in [-0.15, -0.1) is 0 Å². The quantitative estimate of drug-likeness (QED) is 0.655. The van der Waals surface area contributed by atoms with Crippen molar-refractivity contribution < 1.29 is 14.7 Å². The molecule has 0 fully saturated rings. The molecule has 0 aliphatic rings. The molecule has 0 saturated heterocycles. The molecule has 1 aromatic rings. The van der Waals surface area contributed by atoms with Crippen molar-refractivity contribution in [1.29, 1.82) is 0 Å². The standard InChI is InChI=1S/C10H13N3O4S/c1-18-5-4-7(10(16)17)11-9(15)6-2-3-8(14)13-12-6/h2-3,7H,4-5H2,1H3,(H,11,15)(H,13,14)(H,16,17). The van der Waals surface area contributed by atoms with Crippen LogP contribution < -0.4 is 10.9 Å². The van der Waals surface area contributed by atoms with Gasteiger partial charge in [0, 0.05) is 6.07 Å². The van der Waals surface area contributed by atoms with Crippen molar-refractivity contribution in [2.45, 2.75) is 12.5 Å². The Hall–Kier alpha value is -1.83. The summed E-state index contributed by atoms with van der Waals surface area (Å²) >= 11 is 1.49. The Morgan fingerprint density at radius 1 is 1.56 bits per heavy atom. The van der Waals surface area contributed by atoms with Crippen molar-refractivity contribution in [2.24, 2.45) is 0 Å². The summed E-state index contributed by atoms with van der Waals surface area (Å²) in [4.78, 5) is 33.4. The van der Waals surface area contributed by atoms with E-state index < -0.39 is 23.5 Å². The Bertz CT molecular complexity index is 468. The number of carboxylic acid groups (broad SMARTS) is 1. The second kappa shape index (κ2) is 6.80. The van der Waals surface area contributed by atoms with Gasteiger partial charge in [0.2, 0.25) is 0 Å². The number of thioether (sulfide) groups is 1. The Balaban J connectivity index is 2.68. The van der Waals surface area contributed by atoms with Crippen LogP contribution in [0.1, 0.15) is 16.9 Å². The van der Waals surface area contributed by atoms with Crippen LogP contribution in [0.25, 0.3) is 0 Å². The molecule has 0 aromatic carbocycles. The van der Waals surface area contributed by atoms with E-state index in [1.165, 1.54) is 17.8 Å². The number of carbonyl (C=O) groups excluding carboxylic acids is 1. The van der Waals surface area contributed by atoms with Crippen LogP contribution >= 0.6 is 11.8 Å². The minimum atomic E-state index is -1.10. The third-order valence-corrected chi connectivity index (χ3v) is 2.77. The predicted octanol–water partition coefficient (Wildman–Crippen LogP) is -0.294. The largest absolute Gasteiger partial charge is 0.480 e. The Morgan fingerprint density at radius 2 is 2.28 bits per heavy atom. The lowest BCUT2D eigenvalue weighted by molar-refractivity contribution is -0.139. The lowest BCUT2D eigenvalue weighted by atomic mass is 10.2. The van der Waals surface area contributed by atoms with Crippen molar-refractivity contribution >= 4 is 23.6 Å². The molecule has 0 aliphatic carbocycles. The molecule has 18 heavy (non-hydrogen) atoms. The van der Waals surface area contributed by atoms with Crippen molar-refractivity contribution in [1.82, 2.24) is 15.5 Å². The number of rotatable bonds is 6. The molecule has 0 bridgehead atoms. The molecule has 1 unspecified atom stereocenters. The van der Waals surface area contributed by atoms with Crippen molar-refractivity contribution in [3.05, 3.63) is 28.2 Å². The topological polar surface area (TPSA) is 112 Å². The number of aliphatic carboxylic acids is 1. The van der Waals surface area contributed by atoms with Gasteiger partial charge in [-0.2, -0.15) is 16.9 Å². The predicted molar refractivity (Wildman–Crippen MR) is 66.7 cm³/mol. The van der Waals surface area contributed by atoms with Crippen LogP contribution in [0.5, 0.6) is 0 Å². The van der Waals surface area contributed by atoms with E-state index in [9.17, 15) is 14.4 Å². The van der Waals surface area contributed by atoms with E-state index in [0.717, 1.165) is 6.07 Å². The highest BCUT2D eigenvalue weighted by atomic mass is 32.2. The smallest absolute Gasteiger partial charge is 0.326 e. The van der Waals surface area contributed by atoms with Crippen molar-refractivity contribution in [2.75, 3.05) is 12.0 Å². The molecule has 3 N–H and O–H groups in total. The molecule has 7 nitrogen and oxygen atoms in total. The first-order chi connectivity index (χ1) is 8.54. The van der Waals surface area contributed by atoms with Gasteiger partial charge in [0.05, 0.1) is 0 Å². The van der Waals surface area contributed by atoms with Gasteiger partial charge < -0.3 is 10.4 Å². The summed E-state index contributed by atoms with van der Waals surface area (Å²) in [5, 5.41) is 16.9. The molecule has 1 amide bonds. The van der Waals surface area contributed by atoms with Gasteiger partial charge in [-0.05, 0) is 24.5 Å². The van der Waals surface area contributed by atoms with Crippen LogP contribution in [0, 0.1) is 0 Å². The van der Waals surface area contributed by atoms with Crippen LogP contribution in [0.15, 0.2) is 16.9 Å². The summed E-state index contributed by atoms with van der Waals surface area (Å²) in [6, 6.07) is 1.43. The molecule has 1 rings (SSSR count). The molecule has 8 heteroatoms. The Morgan fingerprint density at radius 3 is 2.78 bits per heavy atom. The number of hydrogen-bond acceptors (Lipinski definition) is 5. The zero-order chi connectivity index (χ0) is 13.5. The molecule has 1 aromatic heterocycles. The average molecular weight is 271 g/mol. The number of aromatic amines is 1. The van der Waals surface area contributed by atoms with Crippen LogP contribution in [0.3, 0.4) is 0 Å². The highest BCUT2D eigenvalue weighted by molar-refractivity contribution is 7.98. The monoisotopic (exact) mass is 271 g/mol. The first kappa shape index (κ1) is 14.2. The third kappa shape index (κ3) is 4.21. The fourth-order valence-electron chi connectivity index (χ4n) is 1.20. The maximum absolute atomic E-state index is 11.7. The summed E-state index contributed by atoms with van der Waals surface area (Å²) in [7, 11) is 0. The second-order valence-electron chi connectivity index (χ2n) is 3.45. The SMILES string of the molecule is CSCCC(NC(=O)c1ccc(=O)[nH]n1)C(=O)O. The van der Waals surface area contributed by atoms with E-state index in [2.05, 4.69) is 15.5 Å². The molecule has 0 spiro atoms. The first-order valence-corrected chi connectivity index (χ1v) is 6.52. The fourth-order valence-corrected chi connectivity index (χ4v) is 1.67. The lowest BCUT2D eigenvalue weighted by Gasteiger charge is -2.13. The summed E-state index contributed by atoms with van der Waals surface area (Å²) < 4.78 is 0. The number of H-pyrrole nitrogens is 1. The summed E-state index contributed by atoms with van der Waals surface area (Å²) in [6.45, 7) is 0. The zero-order valence-corrected chi connectivity index (χ0v) is 10.5. The zero-order valence-electron chi connectivity index (χ0n) is 9.67. The number of amides is 1. The highest BCUT2D eigenvalue weighted by Crippen LogP contribution is 2.02. The number of hydrogen-bond donors (Lipinski definition) is 3. The third-order valence-electron chi connectivity index (χ3n) is 2.13. The fraction of sp³-hybridized carbons (Fsp3) is 0.400. The van der Waals surface area contributed by atoms with Gasteiger partial charge >= 0.3 is 5.97 Å². The van der Waals surface area contributed by atoms with Crippen LogP contribution in [-0.4, -0.2) is 45.2 Å². The number of aromatic nitrogens is 2. The number of nitrogens with one attached hydrogen (secondary N) is 2. The van der Waals surface area contributed by atoms with E-state index in [1.54, 1.807) is 0 Å². The molecule has 0 aliphatic heterocycles. The number of carboxylic acids is 1. The maximum Gasteiger partial charge on any atom is 0.326 e. The van der Waals surface area contributed by atoms with E-state index in [4.69, 9.17) is 5.11 Å². The van der Waals surface area contributed by atoms with Gasteiger partial charge in [-0.1, -0.05) is 0 Å². The van der Waals surface area contributed by atoms with Crippen molar-refractivity contribution in [3.63, 3.8) is 0 Å². The van der Waals surface area contributed by atoms with Crippen molar-refractivity contribution in [3.8, 4) is 0 Å². The Labute approximate surface area is 107 Å². The van der Waals surface area contributed by atoms with E-state index >= 15 is 0 Å². The summed E-state index contributed by atoms with van der Waals surface area (Å²) in [6.07, 6.45) is 2.18. The maximum atomic E-state index is 11.7. The number of nitrogens with zero attached hydrogens (tertiary/aromatic N) is 1. The minimum Gasteiger partial charge on any atom is -0.480 e. The molecule has 1 heterocycles. The normalized spacial score (nSPS) is 11.8. The summed E-state index contributed by atoms with van der Waals surface area (Å²) in [5.41, 5.74) is -0.450. The Kier molecular flexibility index (Phi) is 5.37. The van der Waals surface area contributed by atoms with Crippen LogP contribution in [0.4, 0.5) is 0 Å². The second-order valence-corrected chi connectivity index (χ2v) is 4.44. The number of carbonyl (C=O) groups is 2. The van der Waals surface area contributed by atoms with Gasteiger partial charge in [0.1, 0.15) is 11.7 Å². The molecular formula is C10H13N3O4S. The van der Waals surface area contributed by atoms with Gasteiger partial charge in [0.25, 0.3) is 11.5 Å². The molecule has 1 atom stereocenters. The highest BCUT2D eigenvalue weighted by Gasteiger charge is 2.20. The minimum absolute atomic E-state index is 0.0231. The lowest BCUT2D eigenvalue weighted by Crippen LogP contribution is -2.41. The first-order valence-electron chi connectivity index (χ1n) is 5.13.